The molecule has 4 rings (SSSR count). The third kappa shape index (κ3) is 2.51. The molecule has 2 aromatic rings. The van der Waals surface area contributed by atoms with E-state index >= 15 is 0 Å². The van der Waals surface area contributed by atoms with E-state index in [0.717, 1.165) is 29.4 Å². The Morgan fingerprint density at radius 1 is 1.45 bits per heavy atom. The molecule has 0 amide bonds. The second-order valence-electron chi connectivity index (χ2n) is 5.74. The minimum absolute atomic E-state index is 0.0933. The van der Waals surface area contributed by atoms with Crippen molar-refractivity contribution in [1.82, 2.24) is 14.9 Å². The molecule has 22 heavy (non-hydrogen) atoms. The molecule has 0 radical (unpaired) electrons. The Morgan fingerprint density at radius 2 is 2.41 bits per heavy atom. The molecule has 2 saturated heterocycles. The van der Waals surface area contributed by atoms with Gasteiger partial charge in [0.25, 0.3) is 0 Å². The van der Waals surface area contributed by atoms with Gasteiger partial charge in [-0.3, -0.25) is 4.90 Å². The van der Waals surface area contributed by atoms with Crippen LogP contribution >= 0.6 is 11.3 Å². The van der Waals surface area contributed by atoms with Gasteiger partial charge in [0.05, 0.1) is 25.0 Å². The zero-order valence-electron chi connectivity index (χ0n) is 12.6. The standard InChI is InChI=1S/C16H19N3O2S/c1-20-15-12(5-2-6-17-15)13-10-22-16(18-13)14-8-19-7-3-4-11(19)9-21-14/h2,5-6,10-11,14H,3-4,7-9H2,1H3/t11-,14-/m0/s1. The first kappa shape index (κ1) is 14.1. The van der Waals surface area contributed by atoms with Gasteiger partial charge >= 0.3 is 0 Å². The summed E-state index contributed by atoms with van der Waals surface area (Å²) in [6.45, 7) is 2.98. The van der Waals surface area contributed by atoms with Crippen molar-refractivity contribution in [3.8, 4) is 17.1 Å². The smallest absolute Gasteiger partial charge is 0.222 e. The third-order valence-electron chi connectivity index (χ3n) is 4.43. The molecule has 2 fully saturated rings. The van der Waals surface area contributed by atoms with Crippen molar-refractivity contribution < 1.29 is 9.47 Å². The number of methoxy groups -OCH3 is 1. The zero-order chi connectivity index (χ0) is 14.9. The van der Waals surface area contributed by atoms with Crippen molar-refractivity contribution in [2.75, 3.05) is 26.8 Å². The average molecular weight is 317 g/mol. The Balaban J connectivity index is 1.56. The highest BCUT2D eigenvalue weighted by Crippen LogP contribution is 2.34. The van der Waals surface area contributed by atoms with Crippen molar-refractivity contribution in [3.05, 3.63) is 28.7 Å². The van der Waals surface area contributed by atoms with Gasteiger partial charge in [0.1, 0.15) is 11.1 Å². The summed E-state index contributed by atoms with van der Waals surface area (Å²) in [4.78, 5) is 11.6. The number of pyridine rings is 1. The van der Waals surface area contributed by atoms with Gasteiger partial charge in [-0.2, -0.15) is 0 Å². The summed E-state index contributed by atoms with van der Waals surface area (Å²) in [5.74, 6) is 0.614. The van der Waals surface area contributed by atoms with E-state index in [1.807, 2.05) is 12.1 Å². The van der Waals surface area contributed by atoms with E-state index in [9.17, 15) is 0 Å². The molecule has 0 saturated carbocycles. The maximum Gasteiger partial charge on any atom is 0.222 e. The van der Waals surface area contributed by atoms with Gasteiger partial charge in [-0.15, -0.1) is 11.3 Å². The quantitative estimate of drug-likeness (QED) is 0.871. The molecule has 0 unspecified atom stereocenters. The maximum atomic E-state index is 6.04. The number of hydrogen-bond donors (Lipinski definition) is 0. The maximum absolute atomic E-state index is 6.04. The van der Waals surface area contributed by atoms with E-state index in [0.29, 0.717) is 11.9 Å². The van der Waals surface area contributed by atoms with Crippen LogP contribution in [0, 0.1) is 0 Å². The summed E-state index contributed by atoms with van der Waals surface area (Å²) < 4.78 is 11.4. The number of thiazole rings is 1. The molecule has 0 spiro atoms. The second kappa shape index (κ2) is 5.95. The van der Waals surface area contributed by atoms with Crippen LogP contribution in [0.4, 0.5) is 0 Å². The van der Waals surface area contributed by atoms with E-state index in [1.165, 1.54) is 19.4 Å². The molecule has 116 valence electrons. The lowest BCUT2D eigenvalue weighted by atomic mass is 10.2. The summed E-state index contributed by atoms with van der Waals surface area (Å²) in [7, 11) is 1.64. The van der Waals surface area contributed by atoms with Crippen LogP contribution in [-0.2, 0) is 4.74 Å². The van der Waals surface area contributed by atoms with Gasteiger partial charge in [-0.1, -0.05) is 0 Å². The number of morpholine rings is 1. The van der Waals surface area contributed by atoms with Crippen molar-refractivity contribution >= 4 is 11.3 Å². The summed E-state index contributed by atoms with van der Waals surface area (Å²) >= 11 is 1.66. The normalized spacial score (nSPS) is 25.1. The van der Waals surface area contributed by atoms with E-state index in [-0.39, 0.29) is 6.10 Å². The van der Waals surface area contributed by atoms with Gasteiger partial charge in [0.15, 0.2) is 0 Å². The van der Waals surface area contributed by atoms with E-state index in [2.05, 4.69) is 15.3 Å². The highest BCUT2D eigenvalue weighted by Gasteiger charge is 2.34. The number of rotatable bonds is 3. The Morgan fingerprint density at radius 3 is 3.32 bits per heavy atom. The molecular formula is C16H19N3O2S. The lowest BCUT2D eigenvalue weighted by Gasteiger charge is -2.34. The number of hydrogen-bond acceptors (Lipinski definition) is 6. The minimum atomic E-state index is 0.0933. The fourth-order valence-corrected chi connectivity index (χ4v) is 4.13. The van der Waals surface area contributed by atoms with Crippen molar-refractivity contribution in [3.63, 3.8) is 0 Å². The van der Waals surface area contributed by atoms with Crippen LogP contribution in [0.15, 0.2) is 23.7 Å². The first-order chi connectivity index (χ1) is 10.8. The van der Waals surface area contributed by atoms with Crippen LogP contribution in [-0.4, -0.2) is 47.7 Å². The molecule has 0 aromatic carbocycles. The predicted octanol–water partition coefficient (Wildman–Crippen LogP) is 2.75. The molecule has 2 aliphatic heterocycles. The van der Waals surface area contributed by atoms with Crippen LogP contribution in [0.1, 0.15) is 24.0 Å². The van der Waals surface area contributed by atoms with Gasteiger partial charge in [0.2, 0.25) is 5.88 Å². The Kier molecular flexibility index (Phi) is 3.82. The largest absolute Gasteiger partial charge is 0.481 e. The lowest BCUT2D eigenvalue weighted by Crippen LogP contribution is -2.42. The number of ether oxygens (including phenoxy) is 2. The average Bonchev–Trinajstić information content (AvgIpc) is 3.23. The molecule has 2 aromatic heterocycles. The second-order valence-corrected chi connectivity index (χ2v) is 6.63. The molecule has 2 aliphatic rings. The topological polar surface area (TPSA) is 47.5 Å². The highest BCUT2D eigenvalue weighted by atomic mass is 32.1. The predicted molar refractivity (Wildman–Crippen MR) is 85.2 cm³/mol. The van der Waals surface area contributed by atoms with Gasteiger partial charge in [-0.05, 0) is 31.5 Å². The van der Waals surface area contributed by atoms with Crippen LogP contribution in [0.25, 0.3) is 11.3 Å². The van der Waals surface area contributed by atoms with Crippen molar-refractivity contribution in [2.24, 2.45) is 0 Å². The van der Waals surface area contributed by atoms with Crippen LogP contribution < -0.4 is 4.74 Å². The van der Waals surface area contributed by atoms with E-state index in [4.69, 9.17) is 14.5 Å². The van der Waals surface area contributed by atoms with Crippen LogP contribution in [0.5, 0.6) is 5.88 Å². The van der Waals surface area contributed by atoms with Gasteiger partial charge in [0, 0.05) is 24.2 Å². The Hall–Kier alpha value is -1.50. The summed E-state index contributed by atoms with van der Waals surface area (Å²) in [5, 5.41) is 3.11. The fourth-order valence-electron chi connectivity index (χ4n) is 3.27. The zero-order valence-corrected chi connectivity index (χ0v) is 13.4. The summed E-state index contributed by atoms with van der Waals surface area (Å²) in [6, 6.07) is 4.51. The number of aromatic nitrogens is 2. The molecule has 4 heterocycles. The van der Waals surface area contributed by atoms with Crippen molar-refractivity contribution in [1.29, 1.82) is 0 Å². The summed E-state index contributed by atoms with van der Waals surface area (Å²) in [5.41, 5.74) is 1.85. The molecular weight excluding hydrogens is 298 g/mol. The fraction of sp³-hybridized carbons (Fsp3) is 0.500. The van der Waals surface area contributed by atoms with Crippen LogP contribution in [0.2, 0.25) is 0 Å². The molecule has 0 aliphatic carbocycles. The Labute approximate surface area is 133 Å². The molecule has 2 atom stereocenters. The van der Waals surface area contributed by atoms with Gasteiger partial charge in [-0.25, -0.2) is 9.97 Å². The molecule has 5 nitrogen and oxygen atoms in total. The molecule has 0 N–H and O–H groups in total. The first-order valence-electron chi connectivity index (χ1n) is 7.65. The summed E-state index contributed by atoms with van der Waals surface area (Å²) in [6.07, 6.45) is 4.38. The highest BCUT2D eigenvalue weighted by molar-refractivity contribution is 7.10. The monoisotopic (exact) mass is 317 g/mol. The number of nitrogens with zero attached hydrogens (tertiary/aromatic N) is 3. The number of fused-ring (bicyclic) bond motifs is 1. The van der Waals surface area contributed by atoms with E-state index < -0.39 is 0 Å². The lowest BCUT2D eigenvalue weighted by molar-refractivity contribution is -0.0502. The molecule has 6 heteroatoms. The Bertz CT molecular complexity index is 660. The van der Waals surface area contributed by atoms with Crippen LogP contribution in [0.3, 0.4) is 0 Å². The third-order valence-corrected chi connectivity index (χ3v) is 5.36. The minimum Gasteiger partial charge on any atom is -0.481 e. The SMILES string of the molecule is COc1ncccc1-c1csc([C@@H]2CN3CCC[C@H]3CO2)n1. The van der Waals surface area contributed by atoms with E-state index in [1.54, 1.807) is 24.6 Å². The molecule has 0 bridgehead atoms. The van der Waals surface area contributed by atoms with Crippen molar-refractivity contribution in [2.45, 2.75) is 25.0 Å². The first-order valence-corrected chi connectivity index (χ1v) is 8.53. The van der Waals surface area contributed by atoms with Gasteiger partial charge < -0.3 is 9.47 Å².